The molecule has 15 heavy (non-hydrogen) atoms. The van der Waals surface area contributed by atoms with E-state index >= 15 is 0 Å². The van der Waals surface area contributed by atoms with Crippen molar-refractivity contribution in [3.05, 3.63) is 12.2 Å². The summed E-state index contributed by atoms with van der Waals surface area (Å²) in [5, 5.41) is 8.41. The van der Waals surface area contributed by atoms with Gasteiger partial charge in [0.05, 0.1) is 0 Å². The van der Waals surface area contributed by atoms with Gasteiger partial charge < -0.3 is 10.0 Å². The van der Waals surface area contributed by atoms with Gasteiger partial charge in [-0.3, -0.25) is 4.79 Å². The topological polar surface area (TPSA) is 57.6 Å². The molecular weight excluding hydrogens is 194 g/mol. The highest BCUT2D eigenvalue weighted by Crippen LogP contribution is 2.20. The van der Waals surface area contributed by atoms with Crippen molar-refractivity contribution in [3.63, 3.8) is 0 Å². The Bertz CT molecular complexity index is 276. The second kappa shape index (κ2) is 4.96. The average Bonchev–Trinajstić information content (AvgIpc) is 2.12. The minimum absolute atomic E-state index is 0.198. The quantitative estimate of drug-likeness (QED) is 0.697. The van der Waals surface area contributed by atoms with Crippen molar-refractivity contribution in [1.29, 1.82) is 0 Å². The molecule has 1 amide bonds. The van der Waals surface area contributed by atoms with Gasteiger partial charge >= 0.3 is 5.97 Å². The molecule has 1 heterocycles. The molecule has 0 aromatic rings. The summed E-state index contributed by atoms with van der Waals surface area (Å²) in [6.07, 6.45) is 3.16. The zero-order valence-electron chi connectivity index (χ0n) is 9.14. The fourth-order valence-corrected chi connectivity index (χ4v) is 2.09. The van der Waals surface area contributed by atoms with Gasteiger partial charge in [0, 0.05) is 25.2 Å². The molecule has 0 aromatic carbocycles. The molecule has 1 N–H and O–H groups in total. The average molecular weight is 211 g/mol. The van der Waals surface area contributed by atoms with E-state index in [-0.39, 0.29) is 5.91 Å². The lowest BCUT2D eigenvalue weighted by molar-refractivity contribution is -0.132. The van der Waals surface area contributed by atoms with Crippen LogP contribution in [0.1, 0.15) is 20.3 Å². The Balaban J connectivity index is 2.55. The van der Waals surface area contributed by atoms with Crippen molar-refractivity contribution < 1.29 is 14.7 Å². The third-order valence-electron chi connectivity index (χ3n) is 2.55. The Hall–Kier alpha value is -1.32. The molecule has 1 rings (SSSR count). The van der Waals surface area contributed by atoms with E-state index in [4.69, 9.17) is 5.11 Å². The fraction of sp³-hybridized carbons (Fsp3) is 0.636. The molecule has 0 saturated carbocycles. The summed E-state index contributed by atoms with van der Waals surface area (Å²) < 4.78 is 0. The van der Waals surface area contributed by atoms with Gasteiger partial charge in [-0.05, 0) is 18.3 Å². The number of carboxylic acid groups (broad SMARTS) is 1. The maximum Gasteiger partial charge on any atom is 0.328 e. The number of carbonyl (C=O) groups is 2. The second-order valence-electron chi connectivity index (χ2n) is 4.36. The van der Waals surface area contributed by atoms with Crippen LogP contribution in [0.25, 0.3) is 0 Å². The molecule has 1 aliphatic rings. The van der Waals surface area contributed by atoms with E-state index in [0.29, 0.717) is 11.8 Å². The number of piperidine rings is 1. The first-order valence-electron chi connectivity index (χ1n) is 5.19. The molecule has 2 unspecified atom stereocenters. The lowest BCUT2D eigenvalue weighted by atomic mass is 9.92. The van der Waals surface area contributed by atoms with Crippen LogP contribution in [0.15, 0.2) is 12.2 Å². The molecule has 84 valence electrons. The summed E-state index contributed by atoms with van der Waals surface area (Å²) in [6.45, 7) is 5.67. The Morgan fingerprint density at radius 2 is 1.73 bits per heavy atom. The lowest BCUT2D eigenvalue weighted by Gasteiger charge is -2.34. The zero-order valence-corrected chi connectivity index (χ0v) is 9.14. The monoisotopic (exact) mass is 211 g/mol. The van der Waals surface area contributed by atoms with Crippen molar-refractivity contribution >= 4 is 11.9 Å². The number of nitrogens with zero attached hydrogens (tertiary/aromatic N) is 1. The largest absolute Gasteiger partial charge is 0.478 e. The first kappa shape index (κ1) is 11.8. The predicted molar refractivity (Wildman–Crippen MR) is 56.3 cm³/mol. The number of aliphatic carboxylic acids is 1. The van der Waals surface area contributed by atoms with E-state index in [2.05, 4.69) is 13.8 Å². The summed E-state index contributed by atoms with van der Waals surface area (Å²) in [4.78, 5) is 23.5. The van der Waals surface area contributed by atoms with Crippen LogP contribution < -0.4 is 0 Å². The smallest absolute Gasteiger partial charge is 0.328 e. The predicted octanol–water partition coefficient (Wildman–Crippen LogP) is 1.13. The van der Waals surface area contributed by atoms with Crippen molar-refractivity contribution in [1.82, 2.24) is 4.90 Å². The lowest BCUT2D eigenvalue weighted by Crippen LogP contribution is -2.41. The fourth-order valence-electron chi connectivity index (χ4n) is 2.09. The molecule has 0 bridgehead atoms. The van der Waals surface area contributed by atoms with E-state index in [0.717, 1.165) is 31.7 Å². The summed E-state index contributed by atoms with van der Waals surface area (Å²) in [6, 6.07) is 0. The molecular formula is C11H17NO3. The van der Waals surface area contributed by atoms with Gasteiger partial charge in [-0.1, -0.05) is 13.8 Å². The van der Waals surface area contributed by atoms with E-state index in [1.807, 2.05) is 0 Å². The maximum atomic E-state index is 11.6. The molecule has 2 atom stereocenters. The van der Waals surface area contributed by atoms with Crippen LogP contribution >= 0.6 is 0 Å². The van der Waals surface area contributed by atoms with Gasteiger partial charge in [-0.2, -0.15) is 0 Å². The molecule has 0 spiro atoms. The molecule has 4 nitrogen and oxygen atoms in total. The Morgan fingerprint density at radius 1 is 1.20 bits per heavy atom. The number of hydrogen-bond donors (Lipinski definition) is 1. The van der Waals surface area contributed by atoms with Crippen LogP contribution in [0.4, 0.5) is 0 Å². The van der Waals surface area contributed by atoms with E-state index in [1.54, 1.807) is 4.90 Å². The van der Waals surface area contributed by atoms with Crippen molar-refractivity contribution in [2.75, 3.05) is 13.1 Å². The van der Waals surface area contributed by atoms with Crippen LogP contribution in [-0.4, -0.2) is 35.0 Å². The van der Waals surface area contributed by atoms with Crippen LogP contribution in [-0.2, 0) is 9.59 Å². The maximum absolute atomic E-state index is 11.6. The van der Waals surface area contributed by atoms with Gasteiger partial charge in [-0.15, -0.1) is 0 Å². The molecule has 1 aliphatic heterocycles. The van der Waals surface area contributed by atoms with Crippen LogP contribution in [0.5, 0.6) is 0 Å². The molecule has 1 fully saturated rings. The van der Waals surface area contributed by atoms with E-state index in [9.17, 15) is 9.59 Å². The van der Waals surface area contributed by atoms with Gasteiger partial charge in [-0.25, -0.2) is 4.79 Å². The molecule has 0 aliphatic carbocycles. The van der Waals surface area contributed by atoms with Crippen LogP contribution in [0.2, 0.25) is 0 Å². The number of rotatable bonds is 2. The van der Waals surface area contributed by atoms with Gasteiger partial charge in [0.15, 0.2) is 0 Å². The standard InChI is InChI=1S/C11H17NO3/c1-8-5-9(2)7-12(6-8)10(13)3-4-11(14)15/h3-4,8-9H,5-7H2,1-2H3,(H,14,15)/b4-3-. The minimum atomic E-state index is -1.08. The Labute approximate surface area is 89.6 Å². The van der Waals surface area contributed by atoms with E-state index < -0.39 is 5.97 Å². The highest BCUT2D eigenvalue weighted by molar-refractivity contribution is 5.93. The third kappa shape index (κ3) is 3.73. The zero-order chi connectivity index (χ0) is 11.4. The second-order valence-corrected chi connectivity index (χ2v) is 4.36. The molecule has 1 saturated heterocycles. The van der Waals surface area contributed by atoms with Crippen molar-refractivity contribution in [2.24, 2.45) is 11.8 Å². The van der Waals surface area contributed by atoms with Crippen molar-refractivity contribution in [3.8, 4) is 0 Å². The van der Waals surface area contributed by atoms with Gasteiger partial charge in [0.25, 0.3) is 0 Å². The first-order chi connectivity index (χ1) is 6.99. The SMILES string of the molecule is CC1CC(C)CN(C(=O)/C=C\C(=O)O)C1. The summed E-state index contributed by atoms with van der Waals surface area (Å²) in [5.41, 5.74) is 0. The summed E-state index contributed by atoms with van der Waals surface area (Å²) in [5.74, 6) is -0.288. The Kier molecular flexibility index (Phi) is 3.88. The number of hydrogen-bond acceptors (Lipinski definition) is 2. The van der Waals surface area contributed by atoms with Crippen molar-refractivity contribution in [2.45, 2.75) is 20.3 Å². The minimum Gasteiger partial charge on any atom is -0.478 e. The van der Waals surface area contributed by atoms with Crippen LogP contribution in [0.3, 0.4) is 0 Å². The summed E-state index contributed by atoms with van der Waals surface area (Å²) in [7, 11) is 0. The van der Waals surface area contributed by atoms with E-state index in [1.165, 1.54) is 0 Å². The summed E-state index contributed by atoms with van der Waals surface area (Å²) >= 11 is 0. The molecule has 0 aromatic heterocycles. The normalized spacial score (nSPS) is 26.9. The van der Waals surface area contributed by atoms with Crippen LogP contribution in [0, 0.1) is 11.8 Å². The Morgan fingerprint density at radius 3 is 2.20 bits per heavy atom. The highest BCUT2D eigenvalue weighted by Gasteiger charge is 2.23. The van der Waals surface area contributed by atoms with Gasteiger partial charge in [0.1, 0.15) is 0 Å². The number of likely N-dealkylation sites (tertiary alicyclic amines) is 1. The number of carboxylic acids is 1. The van der Waals surface area contributed by atoms with Gasteiger partial charge in [0.2, 0.25) is 5.91 Å². The highest BCUT2D eigenvalue weighted by atomic mass is 16.4. The molecule has 0 radical (unpaired) electrons. The number of carbonyl (C=O) groups excluding carboxylic acids is 1. The third-order valence-corrected chi connectivity index (χ3v) is 2.55. The first-order valence-corrected chi connectivity index (χ1v) is 5.19. The molecule has 4 heteroatoms. The number of amides is 1.